The molecule has 132 valence electrons. The van der Waals surface area contributed by atoms with Gasteiger partial charge in [0, 0.05) is 13.1 Å². The molecule has 6 heteroatoms. The van der Waals surface area contributed by atoms with Crippen molar-refractivity contribution in [1.29, 1.82) is 0 Å². The molecule has 25 heavy (non-hydrogen) atoms. The monoisotopic (exact) mass is 340 g/mol. The van der Waals surface area contributed by atoms with Gasteiger partial charge in [-0.15, -0.1) is 0 Å². The molecule has 3 heterocycles. The van der Waals surface area contributed by atoms with Gasteiger partial charge in [0.15, 0.2) is 0 Å². The second kappa shape index (κ2) is 6.52. The van der Waals surface area contributed by atoms with Gasteiger partial charge in [-0.25, -0.2) is 4.79 Å². The van der Waals surface area contributed by atoms with Gasteiger partial charge in [0.05, 0.1) is 23.9 Å². The van der Waals surface area contributed by atoms with E-state index in [4.69, 9.17) is 0 Å². The van der Waals surface area contributed by atoms with Crippen LogP contribution in [0.15, 0.2) is 35.5 Å². The van der Waals surface area contributed by atoms with Crippen molar-refractivity contribution in [1.82, 2.24) is 20.4 Å². The first kappa shape index (κ1) is 16.1. The summed E-state index contributed by atoms with van der Waals surface area (Å²) in [5, 5.41) is 5.74. The minimum Gasteiger partial charge on any atom is -0.332 e. The molecule has 0 aliphatic carbocycles. The Hall–Kier alpha value is -2.34. The summed E-state index contributed by atoms with van der Waals surface area (Å²) >= 11 is 0. The van der Waals surface area contributed by atoms with E-state index in [1.165, 1.54) is 12.8 Å². The molecule has 1 unspecified atom stereocenters. The molecule has 0 saturated carbocycles. The smallest absolute Gasteiger partial charge is 0.319 e. The predicted octanol–water partition coefficient (Wildman–Crippen LogP) is 1.54. The molecule has 1 aromatic rings. The van der Waals surface area contributed by atoms with E-state index in [-0.39, 0.29) is 18.0 Å². The molecule has 2 N–H and O–H groups in total. The van der Waals surface area contributed by atoms with Gasteiger partial charge in [-0.05, 0) is 38.4 Å². The number of aryl methyl sites for hydroxylation is 1. The lowest BCUT2D eigenvalue weighted by Gasteiger charge is -2.25. The van der Waals surface area contributed by atoms with Crippen LogP contribution in [0.1, 0.15) is 30.0 Å². The topological polar surface area (TPSA) is 64.7 Å². The van der Waals surface area contributed by atoms with Gasteiger partial charge in [0.2, 0.25) is 0 Å². The highest BCUT2D eigenvalue weighted by Gasteiger charge is 2.40. The fourth-order valence-corrected chi connectivity index (χ4v) is 3.89. The number of hydrogen-bond acceptors (Lipinski definition) is 3. The molecule has 0 spiro atoms. The van der Waals surface area contributed by atoms with Crippen LogP contribution in [0.2, 0.25) is 0 Å². The van der Waals surface area contributed by atoms with Gasteiger partial charge in [0.1, 0.15) is 0 Å². The third-order valence-corrected chi connectivity index (χ3v) is 5.32. The van der Waals surface area contributed by atoms with Crippen LogP contribution < -0.4 is 10.6 Å². The van der Waals surface area contributed by atoms with Crippen LogP contribution in [0.3, 0.4) is 0 Å². The molecule has 1 atom stereocenters. The summed E-state index contributed by atoms with van der Waals surface area (Å²) < 4.78 is 0. The molecular formula is C19H24N4O2. The molecule has 6 nitrogen and oxygen atoms in total. The zero-order valence-electron chi connectivity index (χ0n) is 14.5. The highest BCUT2D eigenvalue weighted by Crippen LogP contribution is 2.32. The third-order valence-electron chi connectivity index (χ3n) is 5.32. The normalized spacial score (nSPS) is 23.7. The highest BCUT2D eigenvalue weighted by atomic mass is 16.2. The van der Waals surface area contributed by atoms with Crippen molar-refractivity contribution in [2.24, 2.45) is 0 Å². The number of rotatable bonds is 4. The fraction of sp³-hybridized carbons (Fsp3) is 0.474. The first-order valence-corrected chi connectivity index (χ1v) is 9.00. The Balaban J connectivity index is 1.52. The number of urea groups is 1. The Bertz CT molecular complexity index is 719. The number of hydrogen-bond donors (Lipinski definition) is 2. The van der Waals surface area contributed by atoms with Crippen molar-refractivity contribution >= 4 is 11.9 Å². The summed E-state index contributed by atoms with van der Waals surface area (Å²) in [6.07, 6.45) is 2.50. The van der Waals surface area contributed by atoms with E-state index >= 15 is 0 Å². The Morgan fingerprint density at radius 3 is 2.52 bits per heavy atom. The third kappa shape index (κ3) is 3.14. The summed E-state index contributed by atoms with van der Waals surface area (Å²) in [6.45, 7) is 6.39. The summed E-state index contributed by atoms with van der Waals surface area (Å²) in [4.78, 5) is 29.3. The summed E-state index contributed by atoms with van der Waals surface area (Å²) in [7, 11) is 0. The van der Waals surface area contributed by atoms with Crippen molar-refractivity contribution in [3.8, 4) is 0 Å². The predicted molar refractivity (Wildman–Crippen MR) is 94.9 cm³/mol. The Kier molecular flexibility index (Phi) is 4.21. The van der Waals surface area contributed by atoms with Crippen LogP contribution in [-0.2, 0) is 4.79 Å². The molecule has 0 bridgehead atoms. The van der Waals surface area contributed by atoms with Gasteiger partial charge in [-0.1, -0.05) is 29.8 Å². The first-order valence-electron chi connectivity index (χ1n) is 9.00. The lowest BCUT2D eigenvalue weighted by molar-refractivity contribution is -0.125. The summed E-state index contributed by atoms with van der Waals surface area (Å²) in [5.74, 6) is 0.0345. The number of nitrogens with zero attached hydrogens (tertiary/aromatic N) is 2. The second-order valence-corrected chi connectivity index (χ2v) is 7.11. The maximum Gasteiger partial charge on any atom is 0.319 e. The number of nitrogens with one attached hydrogen (secondary N) is 2. The average Bonchev–Trinajstić information content (AvgIpc) is 3.21. The number of carbonyl (C=O) groups is 2. The van der Waals surface area contributed by atoms with E-state index in [0.717, 1.165) is 36.5 Å². The largest absolute Gasteiger partial charge is 0.332 e. The van der Waals surface area contributed by atoms with Crippen molar-refractivity contribution < 1.29 is 9.59 Å². The minimum atomic E-state index is -0.367. The van der Waals surface area contributed by atoms with E-state index in [1.54, 1.807) is 0 Å². The molecule has 3 amide bonds. The van der Waals surface area contributed by atoms with Crippen LogP contribution in [0.4, 0.5) is 4.79 Å². The zero-order chi connectivity index (χ0) is 17.4. The van der Waals surface area contributed by atoms with E-state index < -0.39 is 0 Å². The molecule has 0 aromatic heterocycles. The van der Waals surface area contributed by atoms with Crippen LogP contribution in [-0.4, -0.2) is 54.5 Å². The van der Waals surface area contributed by atoms with E-state index in [0.29, 0.717) is 18.7 Å². The Morgan fingerprint density at radius 1 is 1.08 bits per heavy atom. The van der Waals surface area contributed by atoms with Gasteiger partial charge < -0.3 is 20.4 Å². The van der Waals surface area contributed by atoms with E-state index in [1.807, 2.05) is 36.1 Å². The van der Waals surface area contributed by atoms with Gasteiger partial charge in [0.25, 0.3) is 5.91 Å². The maximum absolute atomic E-state index is 13.0. The number of amides is 3. The van der Waals surface area contributed by atoms with Crippen molar-refractivity contribution in [3.63, 3.8) is 0 Å². The van der Waals surface area contributed by atoms with Crippen molar-refractivity contribution in [2.45, 2.75) is 25.8 Å². The van der Waals surface area contributed by atoms with E-state index in [9.17, 15) is 9.59 Å². The molecule has 1 saturated heterocycles. The maximum atomic E-state index is 13.0. The minimum absolute atomic E-state index is 0.0345. The molecule has 1 aromatic carbocycles. The van der Waals surface area contributed by atoms with Crippen molar-refractivity contribution in [2.75, 3.05) is 32.7 Å². The quantitative estimate of drug-likeness (QED) is 0.874. The Labute approximate surface area is 147 Å². The number of carbonyl (C=O) groups excluding carboxylic acids is 2. The molecular weight excluding hydrogens is 316 g/mol. The standard InChI is InChI=1S/C19H24N4O2/c1-13-4-6-14(7-5-13)17-16-15(20-19(25)21-17)12-23(18(16)24)11-10-22-8-2-3-9-22/h4-7,17H,2-3,8-12H2,1H3,(H2,20,21,25). The van der Waals surface area contributed by atoms with Crippen molar-refractivity contribution in [3.05, 3.63) is 46.7 Å². The first-order chi connectivity index (χ1) is 12.1. The van der Waals surface area contributed by atoms with Crippen LogP contribution in [0.25, 0.3) is 0 Å². The number of benzene rings is 1. The van der Waals surface area contributed by atoms with Gasteiger partial charge in [-0.3, -0.25) is 4.79 Å². The van der Waals surface area contributed by atoms with Crippen LogP contribution >= 0.6 is 0 Å². The van der Waals surface area contributed by atoms with Crippen LogP contribution in [0, 0.1) is 6.92 Å². The van der Waals surface area contributed by atoms with Crippen LogP contribution in [0.5, 0.6) is 0 Å². The second-order valence-electron chi connectivity index (χ2n) is 7.11. The number of likely N-dealkylation sites (tertiary alicyclic amines) is 1. The molecule has 1 fully saturated rings. The fourth-order valence-electron chi connectivity index (χ4n) is 3.89. The molecule has 3 aliphatic rings. The average molecular weight is 340 g/mol. The van der Waals surface area contributed by atoms with E-state index in [2.05, 4.69) is 15.5 Å². The zero-order valence-corrected chi connectivity index (χ0v) is 14.5. The SMILES string of the molecule is Cc1ccc(C2NC(=O)NC3=C2C(=O)N(CCN2CCCC2)C3)cc1. The lowest BCUT2D eigenvalue weighted by atomic mass is 9.95. The van der Waals surface area contributed by atoms with Gasteiger partial charge >= 0.3 is 6.03 Å². The summed E-state index contributed by atoms with van der Waals surface area (Å²) in [6, 6.07) is 7.38. The van der Waals surface area contributed by atoms with Gasteiger partial charge in [-0.2, -0.15) is 0 Å². The highest BCUT2D eigenvalue weighted by molar-refractivity contribution is 6.01. The molecule has 3 aliphatic heterocycles. The summed E-state index contributed by atoms with van der Waals surface area (Å²) in [5.41, 5.74) is 3.54. The molecule has 4 rings (SSSR count). The molecule has 0 radical (unpaired) electrons. The lowest BCUT2D eigenvalue weighted by Crippen LogP contribution is -2.44. The Morgan fingerprint density at radius 2 is 1.80 bits per heavy atom.